The largest absolute Gasteiger partial charge is 0.466 e. The molecule has 1 rings (SSSR count). The van der Waals surface area contributed by atoms with Crippen LogP contribution in [0.2, 0.25) is 0 Å². The molecule has 1 heterocycles. The summed E-state index contributed by atoms with van der Waals surface area (Å²) in [5, 5.41) is 54.2. The highest BCUT2D eigenvalue weighted by molar-refractivity contribution is 5.76. The molecule has 0 bridgehead atoms. The van der Waals surface area contributed by atoms with E-state index in [1.807, 2.05) is 6.08 Å². The molecule has 410 valence electrons. The number of ether oxygens (including phenoxy) is 3. The summed E-state index contributed by atoms with van der Waals surface area (Å²) in [4.78, 5) is 25.0. The lowest BCUT2D eigenvalue weighted by Gasteiger charge is -2.40. The van der Waals surface area contributed by atoms with Crippen LogP contribution in [0.4, 0.5) is 0 Å². The van der Waals surface area contributed by atoms with E-state index in [2.05, 4.69) is 43.5 Å². The molecule has 0 aromatic rings. The number of carbonyl (C=O) groups is 2. The Bertz CT molecular complexity index is 1260. The van der Waals surface area contributed by atoms with Crippen LogP contribution < -0.4 is 5.32 Å². The van der Waals surface area contributed by atoms with E-state index in [1.54, 1.807) is 6.08 Å². The molecule has 0 radical (unpaired) electrons. The number of aliphatic hydroxyl groups excluding tert-OH is 5. The van der Waals surface area contributed by atoms with Crippen LogP contribution in [0, 0.1) is 0 Å². The summed E-state index contributed by atoms with van der Waals surface area (Å²) in [5.74, 6) is -0.202. The minimum Gasteiger partial charge on any atom is -0.466 e. The Balaban J connectivity index is 2.04. The first-order chi connectivity index (χ1) is 34.2. The highest BCUT2D eigenvalue weighted by Crippen LogP contribution is 2.23. The van der Waals surface area contributed by atoms with Crippen molar-refractivity contribution in [3.05, 3.63) is 36.5 Å². The van der Waals surface area contributed by atoms with Gasteiger partial charge in [0.2, 0.25) is 5.91 Å². The molecule has 0 aromatic heterocycles. The lowest BCUT2D eigenvalue weighted by molar-refractivity contribution is -0.302. The number of amides is 1. The van der Waals surface area contributed by atoms with Gasteiger partial charge in [-0.1, -0.05) is 237 Å². The maximum absolute atomic E-state index is 13.0. The van der Waals surface area contributed by atoms with Gasteiger partial charge in [0.25, 0.3) is 0 Å². The van der Waals surface area contributed by atoms with Crippen molar-refractivity contribution in [1.82, 2.24) is 5.32 Å². The van der Waals surface area contributed by atoms with Crippen LogP contribution in [0.3, 0.4) is 0 Å². The topological polar surface area (TPSA) is 175 Å². The van der Waals surface area contributed by atoms with E-state index in [-0.39, 0.29) is 18.5 Å². The number of aliphatic hydroxyl groups is 5. The predicted molar refractivity (Wildman–Crippen MR) is 287 cm³/mol. The second-order valence-electron chi connectivity index (χ2n) is 20.3. The van der Waals surface area contributed by atoms with Gasteiger partial charge in [0.15, 0.2) is 6.29 Å². The summed E-state index contributed by atoms with van der Waals surface area (Å²) in [7, 11) is 0. The van der Waals surface area contributed by atoms with Gasteiger partial charge in [-0.25, -0.2) is 0 Å². The maximum Gasteiger partial charge on any atom is 0.305 e. The first kappa shape index (κ1) is 65.9. The number of rotatable bonds is 50. The number of unbranched alkanes of at least 4 members (excludes halogenated alkanes) is 32. The first-order valence-electron chi connectivity index (χ1n) is 29.3. The van der Waals surface area contributed by atoms with E-state index in [1.165, 1.54) is 167 Å². The maximum atomic E-state index is 13.0. The number of carbonyl (C=O) groups excluding carboxylic acids is 2. The molecule has 1 fully saturated rings. The lowest BCUT2D eigenvalue weighted by atomic mass is 9.99. The molecule has 1 saturated heterocycles. The molecule has 0 aromatic carbocycles. The molecule has 1 aliphatic rings. The van der Waals surface area contributed by atoms with Crippen molar-refractivity contribution in [2.45, 2.75) is 307 Å². The third-order valence-corrected chi connectivity index (χ3v) is 13.7. The Morgan fingerprint density at radius 1 is 0.529 bits per heavy atom. The van der Waals surface area contributed by atoms with Gasteiger partial charge in [-0.05, 0) is 51.4 Å². The number of allylic oxidation sites excluding steroid dienone is 5. The quantitative estimate of drug-likeness (QED) is 0.0195. The van der Waals surface area contributed by atoms with Crippen molar-refractivity contribution in [2.75, 3.05) is 19.8 Å². The van der Waals surface area contributed by atoms with Gasteiger partial charge < -0.3 is 45.1 Å². The fourth-order valence-corrected chi connectivity index (χ4v) is 9.12. The van der Waals surface area contributed by atoms with Crippen molar-refractivity contribution in [3.8, 4) is 0 Å². The van der Waals surface area contributed by atoms with Crippen molar-refractivity contribution in [3.63, 3.8) is 0 Å². The van der Waals surface area contributed by atoms with Crippen LogP contribution in [-0.2, 0) is 23.8 Å². The van der Waals surface area contributed by atoms with Gasteiger partial charge >= 0.3 is 5.97 Å². The standard InChI is InChI=1S/C59H109NO10/c1-3-5-7-9-11-13-26-31-35-39-43-47-55(64)68-48-44-40-36-32-28-25-23-21-19-17-15-16-18-20-22-24-27-30-34-38-42-46-54(63)60-51(50-69-59-58(67)57(66)56(65)53(49-61)70-59)52(62)45-41-37-33-29-14-12-10-8-6-4-2/h6,8,14,29,41,45,51-53,56-59,61-62,65-67H,3-5,7,9-13,15-28,30-40,42-44,46-50H2,1-2H3,(H,60,63)/b8-6+,29-14+,45-41+. The zero-order valence-electron chi connectivity index (χ0n) is 45.0. The minimum atomic E-state index is -1.58. The fraction of sp³-hybridized carbons (Fsp3) is 0.864. The highest BCUT2D eigenvalue weighted by Gasteiger charge is 2.44. The predicted octanol–water partition coefficient (Wildman–Crippen LogP) is 13.1. The van der Waals surface area contributed by atoms with Crippen LogP contribution in [0.25, 0.3) is 0 Å². The van der Waals surface area contributed by atoms with Gasteiger partial charge in [-0.15, -0.1) is 0 Å². The molecule has 0 spiro atoms. The highest BCUT2D eigenvalue weighted by atomic mass is 16.7. The van der Waals surface area contributed by atoms with Crippen LogP contribution in [0.15, 0.2) is 36.5 Å². The molecule has 1 amide bonds. The van der Waals surface area contributed by atoms with Gasteiger partial charge in [-0.2, -0.15) is 0 Å². The Morgan fingerprint density at radius 2 is 0.943 bits per heavy atom. The Hall–Kier alpha value is -2.12. The number of esters is 1. The molecule has 0 aliphatic carbocycles. The van der Waals surface area contributed by atoms with E-state index in [4.69, 9.17) is 14.2 Å². The average molecular weight is 993 g/mol. The summed E-state index contributed by atoms with van der Waals surface area (Å²) in [6, 6.07) is -0.834. The first-order valence-corrected chi connectivity index (χ1v) is 29.3. The Morgan fingerprint density at radius 3 is 1.40 bits per heavy atom. The van der Waals surface area contributed by atoms with Crippen LogP contribution in [0.1, 0.15) is 264 Å². The average Bonchev–Trinajstić information content (AvgIpc) is 3.36. The second-order valence-corrected chi connectivity index (χ2v) is 20.3. The summed E-state index contributed by atoms with van der Waals surface area (Å²) in [6.07, 6.45) is 49.7. The second kappa shape index (κ2) is 49.1. The summed E-state index contributed by atoms with van der Waals surface area (Å²) < 4.78 is 16.7. The van der Waals surface area contributed by atoms with Crippen molar-refractivity contribution < 1.29 is 49.3 Å². The fourth-order valence-electron chi connectivity index (χ4n) is 9.12. The van der Waals surface area contributed by atoms with Gasteiger partial charge in [0.1, 0.15) is 24.4 Å². The third kappa shape index (κ3) is 38.5. The molecule has 7 unspecified atom stereocenters. The van der Waals surface area contributed by atoms with E-state index in [9.17, 15) is 35.1 Å². The molecular weight excluding hydrogens is 883 g/mol. The zero-order chi connectivity index (χ0) is 51.0. The lowest BCUT2D eigenvalue weighted by Crippen LogP contribution is -2.60. The normalized spacial score (nSPS) is 19.4. The Kier molecular flexibility index (Phi) is 46.2. The molecule has 7 atom stereocenters. The molecule has 1 aliphatic heterocycles. The van der Waals surface area contributed by atoms with E-state index < -0.39 is 49.5 Å². The van der Waals surface area contributed by atoms with Crippen LogP contribution >= 0.6 is 0 Å². The van der Waals surface area contributed by atoms with Crippen LogP contribution in [-0.4, -0.2) is 100 Å². The zero-order valence-corrected chi connectivity index (χ0v) is 45.0. The third-order valence-electron chi connectivity index (χ3n) is 13.7. The molecule has 11 nitrogen and oxygen atoms in total. The summed E-state index contributed by atoms with van der Waals surface area (Å²) >= 11 is 0. The van der Waals surface area contributed by atoms with Gasteiger partial charge in [0, 0.05) is 12.8 Å². The molecule has 70 heavy (non-hydrogen) atoms. The molecule has 11 heteroatoms. The van der Waals surface area contributed by atoms with E-state index in [0.717, 1.165) is 70.6 Å². The number of hydrogen-bond acceptors (Lipinski definition) is 10. The van der Waals surface area contributed by atoms with Gasteiger partial charge in [0.05, 0.1) is 32.0 Å². The monoisotopic (exact) mass is 992 g/mol. The SMILES string of the molecule is CC/C=C/CC/C=C/CC/C=C/C(O)C(COC1OC(CO)C(O)C(O)C1O)NC(=O)CCCCCCCCCCCCCCCCCCCCCCCOC(=O)CCCCCCCCCCCCC. The van der Waals surface area contributed by atoms with E-state index >= 15 is 0 Å². The van der Waals surface area contributed by atoms with Crippen molar-refractivity contribution >= 4 is 11.9 Å². The molecule has 0 saturated carbocycles. The Labute approximate surface area is 428 Å². The smallest absolute Gasteiger partial charge is 0.305 e. The van der Waals surface area contributed by atoms with E-state index in [0.29, 0.717) is 19.4 Å². The van der Waals surface area contributed by atoms with Gasteiger partial charge in [-0.3, -0.25) is 9.59 Å². The van der Waals surface area contributed by atoms with Crippen LogP contribution in [0.5, 0.6) is 0 Å². The number of nitrogens with one attached hydrogen (secondary N) is 1. The molecule has 6 N–H and O–H groups in total. The van der Waals surface area contributed by atoms with Crippen molar-refractivity contribution in [2.24, 2.45) is 0 Å². The number of hydrogen-bond donors (Lipinski definition) is 6. The van der Waals surface area contributed by atoms with Crippen molar-refractivity contribution in [1.29, 1.82) is 0 Å². The molecular formula is C59H109NO10. The summed E-state index contributed by atoms with van der Waals surface area (Å²) in [6.45, 7) is 4.19. The minimum absolute atomic E-state index is 0.00269. The summed E-state index contributed by atoms with van der Waals surface area (Å²) in [5.41, 5.74) is 0.